The van der Waals surface area contributed by atoms with E-state index in [0.717, 1.165) is 33.1 Å². The second-order valence-corrected chi connectivity index (χ2v) is 11.0. The van der Waals surface area contributed by atoms with Crippen LogP contribution in [0, 0.1) is 6.92 Å². The Morgan fingerprint density at radius 1 is 1.03 bits per heavy atom. The van der Waals surface area contributed by atoms with Gasteiger partial charge in [-0.25, -0.2) is 4.98 Å². The molecule has 0 fully saturated rings. The van der Waals surface area contributed by atoms with Gasteiger partial charge in [0.05, 0.1) is 15.8 Å². The minimum absolute atomic E-state index is 0.160. The monoisotopic (exact) mass is 565 g/mol. The van der Waals surface area contributed by atoms with E-state index >= 15 is 0 Å². The molecule has 1 N–H and O–H groups in total. The van der Waals surface area contributed by atoms with E-state index in [4.69, 9.17) is 23.2 Å². The number of anilines is 1. The fraction of sp³-hybridized carbons (Fsp3) is 0.111. The van der Waals surface area contributed by atoms with Crippen LogP contribution in [0.4, 0.5) is 5.13 Å². The smallest absolute Gasteiger partial charge is 0.236 e. The Morgan fingerprint density at radius 3 is 2.65 bits per heavy atom. The number of hydrogen-bond acceptors (Lipinski definition) is 6. The number of carbonyl (C=O) groups excluding carboxylic acids is 1. The number of aromatic nitrogens is 4. The van der Waals surface area contributed by atoms with E-state index in [1.807, 2.05) is 72.2 Å². The van der Waals surface area contributed by atoms with Crippen molar-refractivity contribution in [3.8, 4) is 17.1 Å². The first-order valence-electron chi connectivity index (χ1n) is 11.4. The van der Waals surface area contributed by atoms with Gasteiger partial charge in [-0.3, -0.25) is 9.36 Å². The highest BCUT2D eigenvalue weighted by Crippen LogP contribution is 2.31. The first-order valence-corrected chi connectivity index (χ1v) is 13.9. The molecule has 5 aromatic rings. The van der Waals surface area contributed by atoms with Crippen molar-refractivity contribution in [2.75, 3.05) is 11.1 Å². The van der Waals surface area contributed by atoms with Crippen molar-refractivity contribution >= 4 is 57.3 Å². The summed E-state index contributed by atoms with van der Waals surface area (Å²) in [5.41, 5.74) is 3.92. The van der Waals surface area contributed by atoms with Gasteiger partial charge in [-0.05, 0) is 36.2 Å². The van der Waals surface area contributed by atoms with E-state index in [0.29, 0.717) is 26.8 Å². The van der Waals surface area contributed by atoms with Crippen LogP contribution in [0.3, 0.4) is 0 Å². The van der Waals surface area contributed by atoms with E-state index < -0.39 is 0 Å². The molecule has 0 saturated heterocycles. The molecule has 0 aliphatic carbocycles. The molecule has 0 radical (unpaired) electrons. The third-order valence-corrected chi connectivity index (χ3v) is 8.15. The summed E-state index contributed by atoms with van der Waals surface area (Å²) in [4.78, 5) is 18.1. The lowest BCUT2D eigenvalue weighted by molar-refractivity contribution is -0.113. The topological polar surface area (TPSA) is 72.7 Å². The average Bonchev–Trinajstić information content (AvgIpc) is 3.53. The number of nitrogens with zero attached hydrogens (tertiary/aromatic N) is 4. The van der Waals surface area contributed by atoms with Crippen molar-refractivity contribution in [2.45, 2.75) is 18.5 Å². The summed E-state index contributed by atoms with van der Waals surface area (Å²) >= 11 is 15.2. The average molecular weight is 567 g/mol. The van der Waals surface area contributed by atoms with Gasteiger partial charge in [-0.2, -0.15) is 0 Å². The molecular weight excluding hydrogens is 545 g/mol. The van der Waals surface area contributed by atoms with Gasteiger partial charge in [0, 0.05) is 28.7 Å². The second kappa shape index (κ2) is 11.5. The molecule has 2 aromatic heterocycles. The molecule has 2 heterocycles. The zero-order valence-corrected chi connectivity index (χ0v) is 22.8. The fourth-order valence-electron chi connectivity index (χ4n) is 3.74. The molecule has 0 atom stereocenters. The standard InChI is InChI=1S/C27H21Cl2N5OS2/c1-17-7-5-11-20(13-17)34-25(18-8-3-2-4-9-18)32-33-27(34)36-16-23(35)31-26-30-15-21(37-26)14-19-10-6-12-22(28)24(19)29/h2-13,15H,14,16H2,1H3,(H,30,31,35). The maximum Gasteiger partial charge on any atom is 0.236 e. The van der Waals surface area contributed by atoms with Crippen molar-refractivity contribution in [1.82, 2.24) is 19.7 Å². The molecule has 3 aromatic carbocycles. The van der Waals surface area contributed by atoms with Crippen LogP contribution in [-0.2, 0) is 11.2 Å². The number of amides is 1. The highest BCUT2D eigenvalue weighted by Gasteiger charge is 2.18. The van der Waals surface area contributed by atoms with Gasteiger partial charge in [-0.15, -0.1) is 21.5 Å². The third-order valence-electron chi connectivity index (χ3n) is 5.45. The molecule has 0 saturated carbocycles. The fourth-order valence-corrected chi connectivity index (χ4v) is 5.73. The van der Waals surface area contributed by atoms with Crippen molar-refractivity contribution in [3.05, 3.63) is 105 Å². The maximum absolute atomic E-state index is 12.8. The van der Waals surface area contributed by atoms with E-state index in [1.54, 1.807) is 12.3 Å². The molecular formula is C27H21Cl2N5OS2. The first-order chi connectivity index (χ1) is 18.0. The largest absolute Gasteiger partial charge is 0.301 e. The van der Waals surface area contributed by atoms with Crippen molar-refractivity contribution in [3.63, 3.8) is 0 Å². The number of aryl methyl sites for hydroxylation is 1. The van der Waals surface area contributed by atoms with Crippen LogP contribution in [0.2, 0.25) is 10.0 Å². The molecule has 0 aliphatic rings. The van der Waals surface area contributed by atoms with Crippen molar-refractivity contribution in [2.24, 2.45) is 0 Å². The summed E-state index contributed by atoms with van der Waals surface area (Å²) in [5.74, 6) is 0.707. The van der Waals surface area contributed by atoms with Crippen LogP contribution in [0.5, 0.6) is 0 Å². The minimum Gasteiger partial charge on any atom is -0.301 e. The predicted molar refractivity (Wildman–Crippen MR) is 152 cm³/mol. The number of nitrogens with one attached hydrogen (secondary N) is 1. The van der Waals surface area contributed by atoms with E-state index in [1.165, 1.54) is 23.1 Å². The van der Waals surface area contributed by atoms with Gasteiger partial charge in [0.25, 0.3) is 0 Å². The Morgan fingerprint density at radius 2 is 1.84 bits per heavy atom. The van der Waals surface area contributed by atoms with Gasteiger partial charge < -0.3 is 5.32 Å². The summed E-state index contributed by atoms with van der Waals surface area (Å²) < 4.78 is 1.98. The van der Waals surface area contributed by atoms with Crippen LogP contribution in [0.1, 0.15) is 16.0 Å². The Kier molecular flexibility index (Phi) is 7.90. The zero-order valence-electron chi connectivity index (χ0n) is 19.7. The number of thioether (sulfide) groups is 1. The van der Waals surface area contributed by atoms with Gasteiger partial charge in [-0.1, -0.05) is 89.6 Å². The molecule has 0 unspecified atom stereocenters. The summed E-state index contributed by atoms with van der Waals surface area (Å²) in [5, 5.41) is 13.9. The number of rotatable bonds is 8. The van der Waals surface area contributed by atoms with Crippen molar-refractivity contribution in [1.29, 1.82) is 0 Å². The Balaban J connectivity index is 1.29. The lowest BCUT2D eigenvalue weighted by Crippen LogP contribution is -2.14. The molecule has 0 spiro atoms. The number of benzene rings is 3. The molecule has 10 heteroatoms. The summed E-state index contributed by atoms with van der Waals surface area (Å²) in [6.07, 6.45) is 2.33. The quantitative estimate of drug-likeness (QED) is 0.199. The summed E-state index contributed by atoms with van der Waals surface area (Å²) in [7, 11) is 0. The van der Waals surface area contributed by atoms with E-state index in [9.17, 15) is 4.79 Å². The molecule has 6 nitrogen and oxygen atoms in total. The lowest BCUT2D eigenvalue weighted by atomic mass is 10.1. The van der Waals surface area contributed by atoms with Crippen LogP contribution in [0.25, 0.3) is 17.1 Å². The Labute approximate surface area is 232 Å². The number of thiazole rings is 1. The molecule has 0 bridgehead atoms. The number of halogens is 2. The summed E-state index contributed by atoms with van der Waals surface area (Å²) in [6.45, 7) is 2.04. The van der Waals surface area contributed by atoms with Crippen LogP contribution < -0.4 is 5.32 Å². The normalized spacial score (nSPS) is 11.0. The first kappa shape index (κ1) is 25.5. The van der Waals surface area contributed by atoms with Gasteiger partial charge in [0.2, 0.25) is 5.91 Å². The molecule has 1 amide bonds. The van der Waals surface area contributed by atoms with E-state index in [2.05, 4.69) is 26.6 Å². The Bertz CT molecular complexity index is 1550. The minimum atomic E-state index is -0.174. The Hall–Kier alpha value is -3.17. The molecule has 37 heavy (non-hydrogen) atoms. The highest BCUT2D eigenvalue weighted by molar-refractivity contribution is 7.99. The number of hydrogen-bond donors (Lipinski definition) is 1. The van der Waals surface area contributed by atoms with Gasteiger partial charge >= 0.3 is 0 Å². The third kappa shape index (κ3) is 6.05. The SMILES string of the molecule is Cc1cccc(-n2c(SCC(=O)Nc3ncc(Cc4cccc(Cl)c4Cl)s3)nnc2-c2ccccc2)c1. The predicted octanol–water partition coefficient (Wildman–Crippen LogP) is 7.33. The molecule has 5 rings (SSSR count). The lowest BCUT2D eigenvalue weighted by Gasteiger charge is -2.11. The van der Waals surface area contributed by atoms with Gasteiger partial charge in [0.15, 0.2) is 16.1 Å². The second-order valence-electron chi connectivity index (χ2n) is 8.20. The van der Waals surface area contributed by atoms with Crippen LogP contribution in [0.15, 0.2) is 84.1 Å². The molecule has 0 aliphatic heterocycles. The van der Waals surface area contributed by atoms with Gasteiger partial charge in [0.1, 0.15) is 0 Å². The summed E-state index contributed by atoms with van der Waals surface area (Å²) in [6, 6.07) is 23.6. The maximum atomic E-state index is 12.8. The highest BCUT2D eigenvalue weighted by atomic mass is 35.5. The number of carbonyl (C=O) groups is 1. The zero-order chi connectivity index (χ0) is 25.8. The van der Waals surface area contributed by atoms with E-state index in [-0.39, 0.29) is 11.7 Å². The van der Waals surface area contributed by atoms with Crippen LogP contribution in [-0.4, -0.2) is 31.4 Å². The van der Waals surface area contributed by atoms with Crippen molar-refractivity contribution < 1.29 is 4.79 Å². The molecule has 186 valence electrons. The van der Waals surface area contributed by atoms with Crippen LogP contribution >= 0.6 is 46.3 Å².